The van der Waals surface area contributed by atoms with Gasteiger partial charge in [-0.15, -0.1) is 0 Å². The van der Waals surface area contributed by atoms with Crippen molar-refractivity contribution in [3.63, 3.8) is 0 Å². The van der Waals surface area contributed by atoms with Crippen LogP contribution in [0, 0.1) is 11.7 Å². The van der Waals surface area contributed by atoms with Gasteiger partial charge < -0.3 is 5.11 Å². The van der Waals surface area contributed by atoms with E-state index in [4.69, 9.17) is 0 Å². The predicted molar refractivity (Wildman–Crippen MR) is 114 cm³/mol. The highest BCUT2D eigenvalue weighted by Crippen LogP contribution is 2.57. The molecule has 32 heavy (non-hydrogen) atoms. The monoisotopic (exact) mass is 446 g/mol. The van der Waals surface area contributed by atoms with E-state index in [1.807, 2.05) is 6.92 Å². The van der Waals surface area contributed by atoms with Crippen LogP contribution in [0.4, 0.5) is 17.6 Å². The second-order valence-corrected chi connectivity index (χ2v) is 9.43. The molecule has 0 radical (unpaired) electrons. The molecule has 0 aliphatic heterocycles. The van der Waals surface area contributed by atoms with Crippen LogP contribution in [-0.4, -0.2) is 26.7 Å². The number of fused-ring (bicyclic) bond motifs is 4. The molecule has 0 unspecified atom stereocenters. The van der Waals surface area contributed by atoms with E-state index < -0.39 is 11.8 Å². The van der Waals surface area contributed by atoms with Crippen LogP contribution in [-0.2, 0) is 11.8 Å². The molecule has 0 amide bonds. The van der Waals surface area contributed by atoms with Gasteiger partial charge in [-0.05, 0) is 104 Å². The zero-order valence-electron chi connectivity index (χ0n) is 17.9. The lowest BCUT2D eigenvalue weighted by molar-refractivity contribution is -0.279. The molecule has 0 spiro atoms. The van der Waals surface area contributed by atoms with Gasteiger partial charge in [0, 0.05) is 5.39 Å². The van der Waals surface area contributed by atoms with Crippen LogP contribution in [0.5, 0.6) is 0 Å². The van der Waals surface area contributed by atoms with Gasteiger partial charge in [-0.2, -0.15) is 18.3 Å². The molecule has 1 heterocycles. The van der Waals surface area contributed by atoms with E-state index in [0.717, 1.165) is 47.0 Å². The minimum Gasteiger partial charge on any atom is -0.380 e. The van der Waals surface area contributed by atoms with Gasteiger partial charge in [-0.1, -0.05) is 6.92 Å². The Morgan fingerprint density at radius 1 is 1.16 bits per heavy atom. The van der Waals surface area contributed by atoms with Crippen LogP contribution < -0.4 is 0 Å². The third-order valence-corrected chi connectivity index (χ3v) is 7.91. The summed E-state index contributed by atoms with van der Waals surface area (Å²) in [4.78, 5) is 0. The number of nitrogens with zero attached hydrogens (tertiary/aromatic N) is 2. The Kier molecular flexibility index (Phi) is 4.89. The molecule has 7 heteroatoms. The molecular formula is C25H26F4N2O. The molecule has 3 aromatic rings. The summed E-state index contributed by atoms with van der Waals surface area (Å²) in [7, 11) is 0. The average Bonchev–Trinajstić information content (AvgIpc) is 3.09. The Hall–Kier alpha value is -2.41. The molecule has 1 aromatic heterocycles. The molecule has 2 aliphatic rings. The highest BCUT2D eigenvalue weighted by molar-refractivity contribution is 5.82. The maximum absolute atomic E-state index is 13.6. The number of hydrogen-bond donors (Lipinski definition) is 1. The van der Waals surface area contributed by atoms with Crippen molar-refractivity contribution in [2.24, 2.45) is 5.92 Å². The van der Waals surface area contributed by atoms with Crippen molar-refractivity contribution in [1.82, 2.24) is 9.78 Å². The molecule has 0 bridgehead atoms. The summed E-state index contributed by atoms with van der Waals surface area (Å²) in [6, 6.07) is 10.3. The first-order valence-electron chi connectivity index (χ1n) is 11.2. The number of hydrogen-bond acceptors (Lipinski definition) is 2. The summed E-state index contributed by atoms with van der Waals surface area (Å²) in [5, 5.41) is 15.9. The van der Waals surface area contributed by atoms with Crippen LogP contribution in [0.3, 0.4) is 0 Å². The zero-order chi connectivity index (χ0) is 22.7. The number of alkyl halides is 3. The van der Waals surface area contributed by atoms with E-state index >= 15 is 0 Å². The lowest BCUT2D eigenvalue weighted by Crippen LogP contribution is -2.54. The second kappa shape index (κ2) is 7.30. The van der Waals surface area contributed by atoms with E-state index in [0.29, 0.717) is 12.8 Å². The van der Waals surface area contributed by atoms with Crippen molar-refractivity contribution < 1.29 is 22.7 Å². The fourth-order valence-corrected chi connectivity index (χ4v) is 6.10. The van der Waals surface area contributed by atoms with E-state index in [9.17, 15) is 22.7 Å². The quantitative estimate of drug-likeness (QED) is 0.473. The Morgan fingerprint density at radius 2 is 1.91 bits per heavy atom. The third kappa shape index (κ3) is 3.16. The molecule has 1 saturated carbocycles. The van der Waals surface area contributed by atoms with Crippen molar-refractivity contribution in [1.29, 1.82) is 0 Å². The van der Waals surface area contributed by atoms with E-state index in [1.165, 1.54) is 12.1 Å². The van der Waals surface area contributed by atoms with Gasteiger partial charge >= 0.3 is 6.18 Å². The van der Waals surface area contributed by atoms with Crippen molar-refractivity contribution >= 4 is 10.9 Å². The van der Waals surface area contributed by atoms with E-state index in [-0.39, 0.29) is 30.0 Å². The third-order valence-electron chi connectivity index (χ3n) is 7.91. The molecule has 2 aromatic carbocycles. The number of halogens is 4. The summed E-state index contributed by atoms with van der Waals surface area (Å²) in [5.41, 5.74) is 0.933. The van der Waals surface area contributed by atoms with Crippen LogP contribution in [0.1, 0.15) is 56.6 Å². The number of aromatic nitrogens is 2. The maximum atomic E-state index is 13.6. The molecule has 1 fully saturated rings. The molecule has 170 valence electrons. The van der Waals surface area contributed by atoms with Gasteiger partial charge in [0.25, 0.3) is 0 Å². The molecule has 3 nitrogen and oxygen atoms in total. The SMILES string of the molecule is CC[C@@]12CC[C@](O)(C(F)(F)F)C[C@H]1CCCc1cc3c(cnn3-c3ccc(F)cc3)cc12. The van der Waals surface area contributed by atoms with Gasteiger partial charge in [0.15, 0.2) is 5.60 Å². The zero-order valence-corrected chi connectivity index (χ0v) is 17.9. The van der Waals surface area contributed by atoms with Crippen molar-refractivity contribution in [2.45, 2.75) is 69.1 Å². The summed E-state index contributed by atoms with van der Waals surface area (Å²) in [6.45, 7) is 2.05. The lowest BCUT2D eigenvalue weighted by atomic mass is 9.56. The summed E-state index contributed by atoms with van der Waals surface area (Å²) in [6.07, 6.45) is -0.0817. The number of benzene rings is 2. The molecule has 1 N–H and O–H groups in total. The standard InChI is InChI=1S/C25H26F4N2O/c1-2-23-10-11-24(32,25(27,28)29)14-18(23)5-3-4-16-13-22-17(12-21(16)23)15-30-31(22)20-8-6-19(26)7-9-20/h6-9,12-13,15,18,32H,2-5,10-11,14H2,1H3/t18-,23-,24-/m1/s1. The number of aliphatic hydroxyl groups is 1. The number of rotatable bonds is 2. The predicted octanol–water partition coefficient (Wildman–Crippen LogP) is 6.24. The summed E-state index contributed by atoms with van der Waals surface area (Å²) < 4.78 is 56.0. The Bertz CT molecular complexity index is 1150. The lowest BCUT2D eigenvalue weighted by Gasteiger charge is -2.50. The van der Waals surface area contributed by atoms with Gasteiger partial charge in [-0.25, -0.2) is 9.07 Å². The Labute approximate surface area is 184 Å². The highest BCUT2D eigenvalue weighted by atomic mass is 19.4. The minimum atomic E-state index is -4.61. The van der Waals surface area contributed by atoms with Crippen LogP contribution >= 0.6 is 0 Å². The van der Waals surface area contributed by atoms with Gasteiger partial charge in [0.1, 0.15) is 5.82 Å². The molecule has 3 atom stereocenters. The fourth-order valence-electron chi connectivity index (χ4n) is 6.10. The van der Waals surface area contributed by atoms with Crippen molar-refractivity contribution in [2.75, 3.05) is 0 Å². The average molecular weight is 446 g/mol. The van der Waals surface area contributed by atoms with Crippen molar-refractivity contribution in [3.05, 3.63) is 59.5 Å². The highest BCUT2D eigenvalue weighted by Gasteiger charge is 2.60. The van der Waals surface area contributed by atoms with Crippen LogP contribution in [0.2, 0.25) is 0 Å². The largest absolute Gasteiger partial charge is 0.417 e. The van der Waals surface area contributed by atoms with Crippen LogP contribution in [0.15, 0.2) is 42.6 Å². The first-order chi connectivity index (χ1) is 15.2. The van der Waals surface area contributed by atoms with Gasteiger partial charge in [0.05, 0.1) is 17.4 Å². The first kappa shape index (κ1) is 21.4. The van der Waals surface area contributed by atoms with E-state index in [1.54, 1.807) is 23.0 Å². The van der Waals surface area contributed by atoms with E-state index in [2.05, 4.69) is 17.2 Å². The van der Waals surface area contributed by atoms with Crippen LogP contribution in [0.25, 0.3) is 16.6 Å². The fraction of sp³-hybridized carbons (Fsp3) is 0.480. The molecule has 0 saturated heterocycles. The molecule has 5 rings (SSSR count). The summed E-state index contributed by atoms with van der Waals surface area (Å²) >= 11 is 0. The maximum Gasteiger partial charge on any atom is 0.417 e. The Balaban J connectivity index is 1.61. The smallest absolute Gasteiger partial charge is 0.380 e. The molecular weight excluding hydrogens is 420 g/mol. The second-order valence-electron chi connectivity index (χ2n) is 9.43. The van der Waals surface area contributed by atoms with Gasteiger partial charge in [-0.3, -0.25) is 0 Å². The number of aryl methyl sites for hydroxylation is 1. The minimum absolute atomic E-state index is 0.223. The summed E-state index contributed by atoms with van der Waals surface area (Å²) in [5.74, 6) is -0.537. The van der Waals surface area contributed by atoms with Gasteiger partial charge in [0.2, 0.25) is 0 Å². The Morgan fingerprint density at radius 3 is 2.59 bits per heavy atom. The van der Waals surface area contributed by atoms with Crippen molar-refractivity contribution in [3.8, 4) is 5.69 Å². The molecule has 2 aliphatic carbocycles. The normalized spacial score (nSPS) is 28.2. The topological polar surface area (TPSA) is 38.1 Å². The first-order valence-corrected chi connectivity index (χ1v) is 11.2.